The van der Waals surface area contributed by atoms with Crippen LogP contribution in [0.25, 0.3) is 0 Å². The Kier molecular flexibility index (Phi) is 7.80. The number of halogens is 1. The van der Waals surface area contributed by atoms with Crippen molar-refractivity contribution >= 4 is 40.4 Å². The van der Waals surface area contributed by atoms with Crippen molar-refractivity contribution < 1.29 is 9.53 Å². The fourth-order valence-electron chi connectivity index (χ4n) is 2.53. The average Bonchev–Trinajstić information content (AvgIpc) is 2.78. The number of nitrogens with one attached hydrogen (secondary N) is 2. The zero-order chi connectivity index (χ0) is 21.2. The summed E-state index contributed by atoms with van der Waals surface area (Å²) in [5.74, 6) is 0.451. The van der Waals surface area contributed by atoms with Crippen molar-refractivity contribution in [3.63, 3.8) is 0 Å². The first-order valence-corrected chi connectivity index (χ1v) is 10.2. The second-order valence-electron chi connectivity index (χ2n) is 6.28. The molecular formula is C23H19IN4O2. The molecule has 6 nitrogen and oxygen atoms in total. The van der Waals surface area contributed by atoms with Gasteiger partial charge >= 0.3 is 0 Å². The van der Waals surface area contributed by atoms with Gasteiger partial charge in [-0.15, -0.1) is 0 Å². The molecule has 150 valence electrons. The van der Waals surface area contributed by atoms with Gasteiger partial charge in [0, 0.05) is 14.8 Å². The molecule has 0 aliphatic carbocycles. The molecule has 0 atom stereocenters. The quantitative estimate of drug-likeness (QED) is 0.269. The molecule has 0 radical (unpaired) electrons. The highest BCUT2D eigenvalue weighted by molar-refractivity contribution is 14.1. The van der Waals surface area contributed by atoms with Crippen LogP contribution in [0.5, 0.6) is 5.75 Å². The molecule has 0 bridgehead atoms. The number of rotatable bonds is 8. The van der Waals surface area contributed by atoms with Crippen LogP contribution in [0.3, 0.4) is 0 Å². The van der Waals surface area contributed by atoms with Crippen LogP contribution < -0.4 is 15.5 Å². The van der Waals surface area contributed by atoms with E-state index >= 15 is 0 Å². The lowest BCUT2D eigenvalue weighted by molar-refractivity contribution is -0.119. The number of carbonyl (C=O) groups excluding carboxylic acids is 1. The molecule has 0 unspecified atom stereocenters. The van der Waals surface area contributed by atoms with E-state index in [0.29, 0.717) is 17.9 Å². The summed E-state index contributed by atoms with van der Waals surface area (Å²) >= 11 is 2.23. The first-order chi connectivity index (χ1) is 14.6. The number of hydrogen-bond donors (Lipinski definition) is 2. The molecule has 1 amide bonds. The summed E-state index contributed by atoms with van der Waals surface area (Å²) in [6.07, 6.45) is 1.57. The average molecular weight is 510 g/mol. The minimum atomic E-state index is -0.235. The van der Waals surface area contributed by atoms with Gasteiger partial charge in [0.2, 0.25) is 0 Å². The van der Waals surface area contributed by atoms with Gasteiger partial charge in [0.1, 0.15) is 12.4 Å². The molecular weight excluding hydrogens is 491 g/mol. The third-order valence-electron chi connectivity index (χ3n) is 4.11. The van der Waals surface area contributed by atoms with E-state index in [1.165, 1.54) is 0 Å². The summed E-state index contributed by atoms with van der Waals surface area (Å²) in [5, 5.41) is 16.1. The van der Waals surface area contributed by atoms with E-state index < -0.39 is 0 Å². The van der Waals surface area contributed by atoms with Gasteiger partial charge in [0.05, 0.1) is 24.4 Å². The molecule has 0 spiro atoms. The normalized spacial score (nSPS) is 10.4. The molecule has 7 heteroatoms. The topological polar surface area (TPSA) is 86.5 Å². The minimum absolute atomic E-state index is 0.134. The fraction of sp³-hybridized carbons (Fsp3) is 0.0870. The molecule has 3 aromatic carbocycles. The summed E-state index contributed by atoms with van der Waals surface area (Å²) < 4.78 is 6.87. The highest BCUT2D eigenvalue weighted by atomic mass is 127. The molecule has 3 rings (SSSR count). The molecule has 0 saturated carbocycles. The van der Waals surface area contributed by atoms with Crippen LogP contribution in [0.4, 0.5) is 5.69 Å². The predicted octanol–water partition coefficient (Wildman–Crippen LogP) is 4.30. The Balaban J connectivity index is 1.44. The maximum atomic E-state index is 11.9. The van der Waals surface area contributed by atoms with Gasteiger partial charge in [0.15, 0.2) is 0 Å². The van der Waals surface area contributed by atoms with Crippen molar-refractivity contribution in [1.29, 1.82) is 5.26 Å². The second kappa shape index (κ2) is 11.0. The van der Waals surface area contributed by atoms with Crippen LogP contribution in [0.1, 0.15) is 16.7 Å². The van der Waals surface area contributed by atoms with Crippen molar-refractivity contribution in [2.24, 2.45) is 5.10 Å². The standard InChI is InChI=1S/C23H19IN4O2/c24-20-7-9-21(10-8-20)26-15-23(29)28-27-14-17-5-11-22(12-6-17)30-16-19-4-2-1-3-18(19)13-25/h1-12,14,26H,15-16H2,(H,28,29)/b27-14+. The van der Waals surface area contributed by atoms with Crippen LogP contribution in [0.2, 0.25) is 0 Å². The smallest absolute Gasteiger partial charge is 0.259 e. The Labute approximate surface area is 188 Å². The summed E-state index contributed by atoms with van der Waals surface area (Å²) in [6.45, 7) is 0.454. The van der Waals surface area contributed by atoms with E-state index in [2.05, 4.69) is 44.5 Å². The highest BCUT2D eigenvalue weighted by Gasteiger charge is 2.02. The third kappa shape index (κ3) is 6.60. The lowest BCUT2D eigenvalue weighted by Crippen LogP contribution is -2.25. The van der Waals surface area contributed by atoms with E-state index in [9.17, 15) is 4.79 Å². The molecule has 0 aromatic heterocycles. The Bertz CT molecular complexity index is 1060. The van der Waals surface area contributed by atoms with Crippen molar-refractivity contribution in [2.45, 2.75) is 6.61 Å². The van der Waals surface area contributed by atoms with Crippen molar-refractivity contribution in [3.05, 3.63) is 93.1 Å². The first-order valence-electron chi connectivity index (χ1n) is 9.16. The van der Waals surface area contributed by atoms with E-state index in [1.807, 2.05) is 66.7 Å². The summed E-state index contributed by atoms with van der Waals surface area (Å²) in [5.41, 5.74) is 5.64. The van der Waals surface area contributed by atoms with Gasteiger partial charge in [-0.3, -0.25) is 4.79 Å². The predicted molar refractivity (Wildman–Crippen MR) is 125 cm³/mol. The number of ether oxygens (including phenoxy) is 1. The van der Waals surface area contributed by atoms with E-state index in [4.69, 9.17) is 10.00 Å². The van der Waals surface area contributed by atoms with E-state index in [-0.39, 0.29) is 12.5 Å². The zero-order valence-electron chi connectivity index (χ0n) is 16.0. The zero-order valence-corrected chi connectivity index (χ0v) is 18.2. The van der Waals surface area contributed by atoms with Gasteiger partial charge < -0.3 is 10.1 Å². The number of hydrogen-bond acceptors (Lipinski definition) is 5. The number of benzene rings is 3. The molecule has 0 aliphatic heterocycles. The van der Waals surface area contributed by atoms with Gasteiger partial charge in [0.25, 0.3) is 5.91 Å². The maximum Gasteiger partial charge on any atom is 0.259 e. The summed E-state index contributed by atoms with van der Waals surface area (Å²) in [6, 6.07) is 24.6. The van der Waals surface area contributed by atoms with Crippen molar-refractivity contribution in [3.8, 4) is 11.8 Å². The molecule has 0 saturated heterocycles. The van der Waals surface area contributed by atoms with Crippen LogP contribution >= 0.6 is 22.6 Å². The third-order valence-corrected chi connectivity index (χ3v) is 4.83. The van der Waals surface area contributed by atoms with Crippen LogP contribution in [0.15, 0.2) is 77.9 Å². The van der Waals surface area contributed by atoms with Crippen LogP contribution in [0, 0.1) is 14.9 Å². The SMILES string of the molecule is N#Cc1ccccc1COc1ccc(/C=N/NC(=O)CNc2ccc(I)cc2)cc1. The molecule has 2 N–H and O–H groups in total. The lowest BCUT2D eigenvalue weighted by Gasteiger charge is -2.07. The molecule has 0 heterocycles. The number of amides is 1. The van der Waals surface area contributed by atoms with Gasteiger partial charge in [-0.05, 0) is 82.8 Å². The summed E-state index contributed by atoms with van der Waals surface area (Å²) in [7, 11) is 0. The first kappa shape index (κ1) is 21.3. The van der Waals surface area contributed by atoms with Crippen LogP contribution in [-0.2, 0) is 11.4 Å². The Morgan fingerprint density at radius 1 is 1.07 bits per heavy atom. The molecule has 30 heavy (non-hydrogen) atoms. The molecule has 0 fully saturated rings. The highest BCUT2D eigenvalue weighted by Crippen LogP contribution is 2.15. The Morgan fingerprint density at radius 3 is 2.53 bits per heavy atom. The van der Waals surface area contributed by atoms with Crippen molar-refractivity contribution in [1.82, 2.24) is 5.43 Å². The van der Waals surface area contributed by atoms with Gasteiger partial charge in [-0.25, -0.2) is 5.43 Å². The van der Waals surface area contributed by atoms with Crippen molar-refractivity contribution in [2.75, 3.05) is 11.9 Å². The fourth-order valence-corrected chi connectivity index (χ4v) is 2.89. The number of nitrogens with zero attached hydrogens (tertiary/aromatic N) is 2. The minimum Gasteiger partial charge on any atom is -0.489 e. The monoisotopic (exact) mass is 510 g/mol. The molecule has 3 aromatic rings. The van der Waals surface area contributed by atoms with Crippen LogP contribution in [-0.4, -0.2) is 18.7 Å². The number of carbonyl (C=O) groups is 1. The summed E-state index contributed by atoms with van der Waals surface area (Å²) in [4.78, 5) is 11.9. The van der Waals surface area contributed by atoms with E-state index in [0.717, 1.165) is 20.4 Å². The maximum absolute atomic E-state index is 11.9. The van der Waals surface area contributed by atoms with Gasteiger partial charge in [-0.1, -0.05) is 18.2 Å². The number of anilines is 1. The van der Waals surface area contributed by atoms with Gasteiger partial charge in [-0.2, -0.15) is 10.4 Å². The Hall–Kier alpha value is -3.38. The number of hydrazone groups is 1. The van der Waals surface area contributed by atoms with E-state index in [1.54, 1.807) is 12.3 Å². The largest absolute Gasteiger partial charge is 0.489 e. The lowest BCUT2D eigenvalue weighted by atomic mass is 10.1. The second-order valence-corrected chi connectivity index (χ2v) is 7.53. The Morgan fingerprint density at radius 2 is 1.80 bits per heavy atom. The number of nitriles is 1. The molecule has 0 aliphatic rings.